The Hall–Kier alpha value is -1.87. The first kappa shape index (κ1) is 26.7. The van der Waals surface area contributed by atoms with Gasteiger partial charge in [-0.05, 0) is 75.3 Å². The number of nitrogens with zero attached hydrogens (tertiary/aromatic N) is 3. The Morgan fingerprint density at radius 1 is 1.24 bits per heavy atom. The van der Waals surface area contributed by atoms with Crippen LogP contribution in [-0.4, -0.2) is 67.4 Å². The van der Waals surface area contributed by atoms with Crippen molar-refractivity contribution in [3.63, 3.8) is 0 Å². The van der Waals surface area contributed by atoms with Crippen LogP contribution >= 0.6 is 0 Å². The number of ether oxygens (including phenoxy) is 2. The molecule has 4 fully saturated rings. The predicted molar refractivity (Wildman–Crippen MR) is 134 cm³/mol. The third-order valence-electron chi connectivity index (χ3n) is 9.63. The van der Waals surface area contributed by atoms with E-state index < -0.39 is 11.7 Å². The number of likely N-dealkylation sites (tertiary alicyclic amines) is 1. The lowest BCUT2D eigenvalue weighted by molar-refractivity contribution is -0.146. The SMILES string of the molecule is CO[C@@H]1COCC[C@@H]1C[C@@H]1CC[C@@](C(=O)N2C[C@H]3C[C@@H]2CN3c2cc(C(F)(F)F)cc(C)n2)(C(C)C)C1. The van der Waals surface area contributed by atoms with Crippen LogP contribution in [0.1, 0.15) is 63.6 Å². The van der Waals surface area contributed by atoms with Crippen molar-refractivity contribution in [2.75, 3.05) is 38.3 Å². The van der Waals surface area contributed by atoms with Gasteiger partial charge in [-0.25, -0.2) is 4.98 Å². The molecule has 1 aromatic rings. The average molecular weight is 524 g/mol. The number of fused-ring (bicyclic) bond motifs is 2. The minimum absolute atomic E-state index is 0.00967. The molecule has 1 aliphatic carbocycles. The van der Waals surface area contributed by atoms with Crippen LogP contribution in [0.4, 0.5) is 19.0 Å². The van der Waals surface area contributed by atoms with E-state index >= 15 is 0 Å². The van der Waals surface area contributed by atoms with Crippen molar-refractivity contribution in [2.24, 2.45) is 23.2 Å². The molecule has 0 aromatic carbocycles. The zero-order chi connectivity index (χ0) is 26.5. The molecule has 0 unspecified atom stereocenters. The van der Waals surface area contributed by atoms with Gasteiger partial charge in [-0.1, -0.05) is 13.8 Å². The molecule has 3 aliphatic heterocycles. The standard InChI is InChI=1S/C28H40F3N3O3/c1-17(2)27(7-5-19(13-27)10-20-6-8-37-16-24(20)36-4)26(35)34-15-22-12-23(34)14-33(22)25-11-21(28(29,30)31)9-18(3)32-25/h9,11,17,19-20,22-24H,5-8,10,12-16H2,1-4H3/t19-,20+,22+,23+,24+,27-/m0/s1. The van der Waals surface area contributed by atoms with E-state index in [2.05, 4.69) is 23.7 Å². The maximum absolute atomic E-state index is 14.1. The first-order valence-corrected chi connectivity index (χ1v) is 13.8. The number of hydrogen-bond acceptors (Lipinski definition) is 5. The van der Waals surface area contributed by atoms with Crippen LogP contribution in [0.2, 0.25) is 0 Å². The van der Waals surface area contributed by atoms with E-state index in [9.17, 15) is 18.0 Å². The number of methoxy groups -OCH3 is 1. The monoisotopic (exact) mass is 523 g/mol. The van der Waals surface area contributed by atoms with Gasteiger partial charge in [0.25, 0.3) is 0 Å². The third kappa shape index (κ3) is 4.98. The minimum Gasteiger partial charge on any atom is -0.379 e. The number of amides is 1. The van der Waals surface area contributed by atoms with E-state index in [0.717, 1.165) is 57.3 Å². The predicted octanol–water partition coefficient (Wildman–Crippen LogP) is 5.08. The van der Waals surface area contributed by atoms with Gasteiger partial charge in [0.15, 0.2) is 0 Å². The molecule has 0 N–H and O–H groups in total. The summed E-state index contributed by atoms with van der Waals surface area (Å²) in [6, 6.07) is 2.28. The molecule has 1 amide bonds. The summed E-state index contributed by atoms with van der Waals surface area (Å²) in [5.74, 6) is 1.83. The Kier molecular flexibility index (Phi) is 7.24. The van der Waals surface area contributed by atoms with Gasteiger partial charge >= 0.3 is 6.18 Å². The van der Waals surface area contributed by atoms with Crippen molar-refractivity contribution in [2.45, 2.75) is 83.7 Å². The number of pyridine rings is 1. The van der Waals surface area contributed by atoms with Gasteiger partial charge in [0, 0.05) is 32.5 Å². The summed E-state index contributed by atoms with van der Waals surface area (Å²) in [6.45, 7) is 8.46. The van der Waals surface area contributed by atoms with E-state index in [4.69, 9.17) is 9.47 Å². The van der Waals surface area contributed by atoms with Crippen molar-refractivity contribution in [3.05, 3.63) is 23.4 Å². The lowest BCUT2D eigenvalue weighted by Gasteiger charge is -2.42. The number of anilines is 1. The Morgan fingerprint density at radius 2 is 2.03 bits per heavy atom. The second-order valence-electron chi connectivity index (χ2n) is 12.1. The van der Waals surface area contributed by atoms with Crippen LogP contribution in [0, 0.1) is 30.1 Å². The maximum Gasteiger partial charge on any atom is 0.416 e. The topological polar surface area (TPSA) is 54.9 Å². The summed E-state index contributed by atoms with van der Waals surface area (Å²) in [7, 11) is 1.75. The molecule has 1 aromatic heterocycles. The summed E-state index contributed by atoms with van der Waals surface area (Å²) in [5.41, 5.74) is -0.670. The van der Waals surface area contributed by atoms with Crippen LogP contribution in [0.25, 0.3) is 0 Å². The van der Waals surface area contributed by atoms with Crippen molar-refractivity contribution in [1.29, 1.82) is 0 Å². The van der Waals surface area contributed by atoms with Crippen molar-refractivity contribution in [3.8, 4) is 0 Å². The second-order valence-corrected chi connectivity index (χ2v) is 12.1. The van der Waals surface area contributed by atoms with Gasteiger partial charge in [0.05, 0.1) is 35.8 Å². The van der Waals surface area contributed by atoms with Crippen LogP contribution < -0.4 is 4.90 Å². The molecule has 1 saturated carbocycles. The van der Waals surface area contributed by atoms with Crippen LogP contribution in [0.5, 0.6) is 0 Å². The van der Waals surface area contributed by atoms with Gasteiger partial charge in [-0.2, -0.15) is 13.2 Å². The van der Waals surface area contributed by atoms with Gasteiger partial charge < -0.3 is 19.3 Å². The van der Waals surface area contributed by atoms with Crippen LogP contribution in [0.3, 0.4) is 0 Å². The average Bonchev–Trinajstić information content (AvgIpc) is 3.58. The Labute approximate surface area is 217 Å². The largest absolute Gasteiger partial charge is 0.416 e. The molecule has 5 rings (SSSR count). The number of aromatic nitrogens is 1. The molecule has 9 heteroatoms. The molecule has 4 heterocycles. The van der Waals surface area contributed by atoms with Gasteiger partial charge in [-0.3, -0.25) is 4.79 Å². The number of piperazine rings is 1. The summed E-state index contributed by atoms with van der Waals surface area (Å²) in [4.78, 5) is 22.6. The molecule has 0 spiro atoms. The fourth-order valence-corrected chi connectivity index (χ4v) is 7.51. The molecular weight excluding hydrogens is 483 g/mol. The number of halogens is 3. The van der Waals surface area contributed by atoms with E-state index in [1.165, 1.54) is 0 Å². The molecule has 3 saturated heterocycles. The Bertz CT molecular complexity index is 1000. The Balaban J connectivity index is 1.27. The van der Waals surface area contributed by atoms with Gasteiger partial charge in [-0.15, -0.1) is 0 Å². The fraction of sp³-hybridized carbons (Fsp3) is 0.786. The Morgan fingerprint density at radius 3 is 2.68 bits per heavy atom. The normalized spacial score (nSPS) is 34.1. The number of alkyl halides is 3. The quantitative estimate of drug-likeness (QED) is 0.521. The number of rotatable bonds is 6. The molecule has 37 heavy (non-hydrogen) atoms. The highest BCUT2D eigenvalue weighted by Gasteiger charge is 2.54. The van der Waals surface area contributed by atoms with E-state index in [1.54, 1.807) is 14.0 Å². The summed E-state index contributed by atoms with van der Waals surface area (Å²) in [5, 5.41) is 0. The zero-order valence-electron chi connectivity index (χ0n) is 22.4. The highest BCUT2D eigenvalue weighted by molar-refractivity contribution is 5.84. The first-order chi connectivity index (χ1) is 17.5. The number of carbonyl (C=O) groups is 1. The molecule has 206 valence electrons. The second kappa shape index (κ2) is 10.0. The lowest BCUT2D eigenvalue weighted by atomic mass is 9.73. The van der Waals surface area contributed by atoms with Crippen LogP contribution in [-0.2, 0) is 20.4 Å². The molecule has 0 radical (unpaired) electrons. The summed E-state index contributed by atoms with van der Waals surface area (Å²) >= 11 is 0. The van der Waals surface area contributed by atoms with Crippen molar-refractivity contribution < 1.29 is 27.4 Å². The number of carbonyl (C=O) groups excluding carboxylic acids is 1. The highest BCUT2D eigenvalue weighted by atomic mass is 19.4. The number of hydrogen-bond donors (Lipinski definition) is 0. The third-order valence-corrected chi connectivity index (χ3v) is 9.63. The van der Waals surface area contributed by atoms with Gasteiger partial charge in [0.1, 0.15) is 5.82 Å². The maximum atomic E-state index is 14.1. The van der Waals surface area contributed by atoms with Crippen LogP contribution in [0.15, 0.2) is 12.1 Å². The van der Waals surface area contributed by atoms with Crippen molar-refractivity contribution in [1.82, 2.24) is 9.88 Å². The number of aryl methyl sites for hydroxylation is 1. The minimum atomic E-state index is -4.40. The fourth-order valence-electron chi connectivity index (χ4n) is 7.51. The highest BCUT2D eigenvalue weighted by Crippen LogP contribution is 2.52. The molecular formula is C28H40F3N3O3. The summed E-state index contributed by atoms with van der Waals surface area (Å²) in [6.07, 6.45) is 1.46. The first-order valence-electron chi connectivity index (χ1n) is 13.8. The molecule has 6 atom stereocenters. The molecule has 4 aliphatic rings. The zero-order valence-corrected chi connectivity index (χ0v) is 22.4. The lowest BCUT2D eigenvalue weighted by Crippen LogP contribution is -2.54. The van der Waals surface area contributed by atoms with E-state index in [0.29, 0.717) is 43.0 Å². The smallest absolute Gasteiger partial charge is 0.379 e. The van der Waals surface area contributed by atoms with Crippen molar-refractivity contribution >= 4 is 11.7 Å². The van der Waals surface area contributed by atoms with E-state index in [1.807, 2.05) is 4.90 Å². The van der Waals surface area contributed by atoms with E-state index in [-0.39, 0.29) is 35.4 Å². The molecule has 6 nitrogen and oxygen atoms in total. The summed E-state index contributed by atoms with van der Waals surface area (Å²) < 4.78 is 51.5. The molecule has 2 bridgehead atoms. The van der Waals surface area contributed by atoms with Gasteiger partial charge in [0.2, 0.25) is 5.91 Å².